The monoisotopic (exact) mass is 359 g/mol. The molecule has 7 heteroatoms. The van der Waals surface area contributed by atoms with Gasteiger partial charge in [-0.05, 0) is 18.6 Å². The number of rotatable bonds is 9. The van der Waals surface area contributed by atoms with Crippen LogP contribution in [0.5, 0.6) is 5.75 Å². The molecular formula is C19H29N5O2. The Morgan fingerprint density at radius 2 is 2.04 bits per heavy atom. The maximum atomic E-state index is 5.93. The zero-order valence-corrected chi connectivity index (χ0v) is 16.1. The number of aryl methyl sites for hydroxylation is 2. The minimum atomic E-state index is 0.632. The molecule has 0 aliphatic rings. The van der Waals surface area contributed by atoms with Gasteiger partial charge in [-0.1, -0.05) is 12.1 Å². The molecule has 0 spiro atoms. The maximum Gasteiger partial charge on any atom is 0.191 e. The molecule has 1 aromatic carbocycles. The lowest BCUT2D eigenvalue weighted by Crippen LogP contribution is -2.36. The molecule has 2 rings (SSSR count). The van der Waals surface area contributed by atoms with Crippen LogP contribution in [0.2, 0.25) is 0 Å². The van der Waals surface area contributed by atoms with E-state index in [1.54, 1.807) is 18.8 Å². The predicted octanol–water partition coefficient (Wildman–Crippen LogP) is 2.01. The predicted molar refractivity (Wildman–Crippen MR) is 103 cm³/mol. The van der Waals surface area contributed by atoms with Crippen molar-refractivity contribution in [3.8, 4) is 5.75 Å². The second-order valence-corrected chi connectivity index (χ2v) is 6.11. The fraction of sp³-hybridized carbons (Fsp3) is 0.474. The van der Waals surface area contributed by atoms with Gasteiger partial charge in [0.1, 0.15) is 5.75 Å². The van der Waals surface area contributed by atoms with Crippen LogP contribution in [-0.4, -0.2) is 43.1 Å². The van der Waals surface area contributed by atoms with Crippen molar-refractivity contribution in [2.45, 2.75) is 26.4 Å². The molecular weight excluding hydrogens is 330 g/mol. The van der Waals surface area contributed by atoms with E-state index in [1.165, 1.54) is 5.56 Å². The Balaban J connectivity index is 1.89. The van der Waals surface area contributed by atoms with Crippen molar-refractivity contribution in [2.24, 2.45) is 12.0 Å². The summed E-state index contributed by atoms with van der Waals surface area (Å²) in [5.74, 6) is 1.64. The SMILES string of the molecule is CN=C(NCc1cnn(C)c1)NCc1ccc(C)cc1OCCCOC. The average molecular weight is 359 g/mol. The molecule has 0 amide bonds. The Bertz CT molecular complexity index is 712. The Hall–Kier alpha value is -2.54. The van der Waals surface area contributed by atoms with Crippen molar-refractivity contribution in [3.05, 3.63) is 47.3 Å². The summed E-state index contributed by atoms with van der Waals surface area (Å²) in [5.41, 5.74) is 3.37. The minimum Gasteiger partial charge on any atom is -0.493 e. The summed E-state index contributed by atoms with van der Waals surface area (Å²) in [6.07, 6.45) is 4.68. The molecule has 0 radical (unpaired) electrons. The molecule has 0 saturated heterocycles. The first kappa shape index (κ1) is 19.8. The number of benzene rings is 1. The number of aromatic nitrogens is 2. The molecule has 1 aromatic heterocycles. The number of nitrogens with zero attached hydrogens (tertiary/aromatic N) is 3. The lowest BCUT2D eigenvalue weighted by atomic mass is 10.1. The normalized spacial score (nSPS) is 11.5. The Kier molecular flexibility index (Phi) is 7.95. The molecule has 2 aromatic rings. The third kappa shape index (κ3) is 6.40. The quantitative estimate of drug-likeness (QED) is 0.407. The summed E-state index contributed by atoms with van der Waals surface area (Å²) in [4.78, 5) is 4.27. The molecule has 0 aliphatic heterocycles. The van der Waals surface area contributed by atoms with Crippen LogP contribution in [0.15, 0.2) is 35.6 Å². The second kappa shape index (κ2) is 10.5. The van der Waals surface area contributed by atoms with Gasteiger partial charge in [0.25, 0.3) is 0 Å². The number of ether oxygens (including phenoxy) is 2. The summed E-state index contributed by atoms with van der Waals surface area (Å²) < 4.78 is 12.8. The first-order chi connectivity index (χ1) is 12.6. The first-order valence-corrected chi connectivity index (χ1v) is 8.75. The molecule has 7 nitrogen and oxygen atoms in total. The molecule has 0 atom stereocenters. The lowest BCUT2D eigenvalue weighted by Gasteiger charge is -2.15. The van der Waals surface area contributed by atoms with E-state index < -0.39 is 0 Å². The number of guanidine groups is 1. The molecule has 0 fully saturated rings. The standard InChI is InChI=1S/C19H29N5O2/c1-15-6-7-17(18(10-15)26-9-5-8-25-4)13-22-19(20-2)21-11-16-12-23-24(3)14-16/h6-7,10,12,14H,5,8-9,11,13H2,1-4H3,(H2,20,21,22). The number of nitrogens with one attached hydrogen (secondary N) is 2. The topological polar surface area (TPSA) is 72.7 Å². The third-order valence-electron chi connectivity index (χ3n) is 3.86. The van der Waals surface area contributed by atoms with E-state index in [-0.39, 0.29) is 0 Å². The molecule has 26 heavy (non-hydrogen) atoms. The van der Waals surface area contributed by atoms with Gasteiger partial charge in [0.2, 0.25) is 0 Å². The zero-order valence-electron chi connectivity index (χ0n) is 16.1. The van der Waals surface area contributed by atoms with Gasteiger partial charge in [0.15, 0.2) is 5.96 Å². The van der Waals surface area contributed by atoms with Crippen molar-refractivity contribution in [3.63, 3.8) is 0 Å². The Labute approximate surface area is 155 Å². The van der Waals surface area contributed by atoms with Gasteiger partial charge in [-0.2, -0.15) is 5.10 Å². The Morgan fingerprint density at radius 1 is 1.23 bits per heavy atom. The molecule has 0 unspecified atom stereocenters. The highest BCUT2D eigenvalue weighted by atomic mass is 16.5. The van der Waals surface area contributed by atoms with Crippen LogP contribution in [0.1, 0.15) is 23.1 Å². The van der Waals surface area contributed by atoms with Crippen molar-refractivity contribution in [2.75, 3.05) is 27.4 Å². The summed E-state index contributed by atoms with van der Waals surface area (Å²) in [6.45, 7) is 4.70. The van der Waals surface area contributed by atoms with Crippen LogP contribution in [0.3, 0.4) is 0 Å². The highest BCUT2D eigenvalue weighted by molar-refractivity contribution is 5.79. The molecule has 2 N–H and O–H groups in total. The highest BCUT2D eigenvalue weighted by Gasteiger charge is 2.06. The van der Waals surface area contributed by atoms with E-state index in [4.69, 9.17) is 9.47 Å². The van der Waals surface area contributed by atoms with Gasteiger partial charge in [-0.3, -0.25) is 9.67 Å². The number of hydrogen-bond acceptors (Lipinski definition) is 4. The largest absolute Gasteiger partial charge is 0.493 e. The van der Waals surface area contributed by atoms with E-state index in [9.17, 15) is 0 Å². The zero-order chi connectivity index (χ0) is 18.8. The van der Waals surface area contributed by atoms with Crippen LogP contribution in [0, 0.1) is 6.92 Å². The minimum absolute atomic E-state index is 0.632. The van der Waals surface area contributed by atoms with Gasteiger partial charge >= 0.3 is 0 Å². The van der Waals surface area contributed by atoms with E-state index in [0.29, 0.717) is 26.3 Å². The highest BCUT2D eigenvalue weighted by Crippen LogP contribution is 2.20. The van der Waals surface area contributed by atoms with Crippen LogP contribution in [0.25, 0.3) is 0 Å². The van der Waals surface area contributed by atoms with E-state index >= 15 is 0 Å². The van der Waals surface area contributed by atoms with Crippen molar-refractivity contribution in [1.82, 2.24) is 20.4 Å². The fourth-order valence-electron chi connectivity index (χ4n) is 2.48. The third-order valence-corrected chi connectivity index (χ3v) is 3.86. The summed E-state index contributed by atoms with van der Waals surface area (Å²) in [5, 5.41) is 10.8. The number of methoxy groups -OCH3 is 1. The van der Waals surface area contributed by atoms with Crippen molar-refractivity contribution in [1.29, 1.82) is 0 Å². The first-order valence-electron chi connectivity index (χ1n) is 8.75. The molecule has 0 aliphatic carbocycles. The van der Waals surface area contributed by atoms with Gasteiger partial charge < -0.3 is 20.1 Å². The van der Waals surface area contributed by atoms with Gasteiger partial charge in [-0.15, -0.1) is 0 Å². The average Bonchev–Trinajstić information content (AvgIpc) is 3.05. The number of aliphatic imine (C=N–C) groups is 1. The van der Waals surface area contributed by atoms with Gasteiger partial charge in [-0.25, -0.2) is 0 Å². The molecule has 0 bridgehead atoms. The maximum absolute atomic E-state index is 5.93. The van der Waals surface area contributed by atoms with Gasteiger partial charge in [0, 0.05) is 64.6 Å². The smallest absolute Gasteiger partial charge is 0.191 e. The molecule has 0 saturated carbocycles. The van der Waals surface area contributed by atoms with Gasteiger partial charge in [0.05, 0.1) is 12.8 Å². The Morgan fingerprint density at radius 3 is 2.73 bits per heavy atom. The second-order valence-electron chi connectivity index (χ2n) is 6.11. The van der Waals surface area contributed by atoms with Crippen LogP contribution in [-0.2, 0) is 24.9 Å². The summed E-state index contributed by atoms with van der Waals surface area (Å²) >= 11 is 0. The molecule has 1 heterocycles. The fourth-order valence-corrected chi connectivity index (χ4v) is 2.48. The lowest BCUT2D eigenvalue weighted by molar-refractivity contribution is 0.171. The molecule has 142 valence electrons. The van der Waals surface area contributed by atoms with Crippen LogP contribution >= 0.6 is 0 Å². The van der Waals surface area contributed by atoms with Crippen molar-refractivity contribution < 1.29 is 9.47 Å². The van der Waals surface area contributed by atoms with Crippen LogP contribution < -0.4 is 15.4 Å². The summed E-state index contributed by atoms with van der Waals surface area (Å²) in [6, 6.07) is 6.24. The van der Waals surface area contributed by atoms with E-state index in [0.717, 1.165) is 29.3 Å². The number of hydrogen-bond donors (Lipinski definition) is 2. The summed E-state index contributed by atoms with van der Waals surface area (Å²) in [7, 11) is 5.37. The van der Waals surface area contributed by atoms with Crippen molar-refractivity contribution >= 4 is 5.96 Å². The van der Waals surface area contributed by atoms with E-state index in [2.05, 4.69) is 45.8 Å². The van der Waals surface area contributed by atoms with Crippen LogP contribution in [0.4, 0.5) is 0 Å². The van der Waals surface area contributed by atoms with E-state index in [1.807, 2.05) is 19.4 Å².